The van der Waals surface area contributed by atoms with E-state index < -0.39 is 11.9 Å². The number of imidazole rings is 1. The largest absolute Gasteiger partial charge is 0.434 e. The molecule has 2 heterocycles. The highest BCUT2D eigenvalue weighted by Gasteiger charge is 2.35. The van der Waals surface area contributed by atoms with E-state index in [1.165, 1.54) is 24.5 Å². The van der Waals surface area contributed by atoms with Gasteiger partial charge >= 0.3 is 6.18 Å². The van der Waals surface area contributed by atoms with Gasteiger partial charge in [-0.2, -0.15) is 13.2 Å². The molecular formula is C9H6F3N3. The SMILES string of the molecule is FC(F)(F)c1ncccc1-c1ncc[nH]1. The van der Waals surface area contributed by atoms with Crippen LogP contribution in [0.4, 0.5) is 13.2 Å². The van der Waals surface area contributed by atoms with Crippen molar-refractivity contribution < 1.29 is 13.2 Å². The summed E-state index contributed by atoms with van der Waals surface area (Å²) in [7, 11) is 0. The van der Waals surface area contributed by atoms with Crippen LogP contribution in [0, 0.1) is 0 Å². The van der Waals surface area contributed by atoms with Crippen LogP contribution in [0.15, 0.2) is 30.7 Å². The Morgan fingerprint density at radius 1 is 1.13 bits per heavy atom. The third-order valence-corrected chi connectivity index (χ3v) is 1.83. The molecule has 1 N–H and O–H groups in total. The molecule has 0 radical (unpaired) electrons. The van der Waals surface area contributed by atoms with Gasteiger partial charge in [-0.25, -0.2) is 4.98 Å². The smallest absolute Gasteiger partial charge is 0.345 e. The van der Waals surface area contributed by atoms with E-state index in [1.807, 2.05) is 0 Å². The van der Waals surface area contributed by atoms with E-state index in [0.29, 0.717) is 0 Å². The molecule has 0 fully saturated rings. The highest BCUT2D eigenvalue weighted by atomic mass is 19.4. The second kappa shape index (κ2) is 3.38. The van der Waals surface area contributed by atoms with Crippen molar-refractivity contribution >= 4 is 0 Å². The van der Waals surface area contributed by atoms with Gasteiger partial charge in [-0.15, -0.1) is 0 Å². The molecule has 78 valence electrons. The Morgan fingerprint density at radius 3 is 2.53 bits per heavy atom. The van der Waals surface area contributed by atoms with Crippen molar-refractivity contribution in [2.24, 2.45) is 0 Å². The lowest BCUT2D eigenvalue weighted by atomic mass is 10.2. The van der Waals surface area contributed by atoms with Crippen LogP contribution in [0.3, 0.4) is 0 Å². The van der Waals surface area contributed by atoms with Crippen molar-refractivity contribution in [2.45, 2.75) is 6.18 Å². The van der Waals surface area contributed by atoms with Crippen LogP contribution in [-0.4, -0.2) is 15.0 Å². The second-order valence-electron chi connectivity index (χ2n) is 2.84. The van der Waals surface area contributed by atoms with E-state index in [0.717, 1.165) is 6.20 Å². The maximum atomic E-state index is 12.5. The summed E-state index contributed by atoms with van der Waals surface area (Å²) in [5.41, 5.74) is -0.977. The molecule has 0 aliphatic carbocycles. The molecule has 0 unspecified atom stereocenters. The molecule has 0 atom stereocenters. The predicted octanol–water partition coefficient (Wildman–Crippen LogP) is 2.49. The van der Waals surface area contributed by atoms with E-state index in [2.05, 4.69) is 15.0 Å². The van der Waals surface area contributed by atoms with Crippen molar-refractivity contribution in [2.75, 3.05) is 0 Å². The second-order valence-corrected chi connectivity index (χ2v) is 2.84. The monoisotopic (exact) mass is 213 g/mol. The summed E-state index contributed by atoms with van der Waals surface area (Å²) in [5, 5.41) is 0. The Kier molecular flexibility index (Phi) is 2.18. The van der Waals surface area contributed by atoms with Gasteiger partial charge in [0.25, 0.3) is 0 Å². The third-order valence-electron chi connectivity index (χ3n) is 1.83. The fourth-order valence-electron chi connectivity index (χ4n) is 1.23. The number of H-pyrrole nitrogens is 1. The molecule has 0 aliphatic rings. The summed E-state index contributed by atoms with van der Waals surface area (Å²) in [5.74, 6) is 0.162. The Balaban J connectivity index is 2.58. The summed E-state index contributed by atoms with van der Waals surface area (Å²) in [6.45, 7) is 0. The Bertz CT molecular complexity index is 448. The number of rotatable bonds is 1. The number of alkyl halides is 3. The molecule has 0 aliphatic heterocycles. The van der Waals surface area contributed by atoms with Gasteiger partial charge in [0, 0.05) is 24.2 Å². The number of nitrogens with zero attached hydrogens (tertiary/aromatic N) is 2. The molecule has 2 rings (SSSR count). The van der Waals surface area contributed by atoms with Crippen LogP contribution in [0.1, 0.15) is 5.69 Å². The van der Waals surface area contributed by atoms with Gasteiger partial charge in [-0.05, 0) is 12.1 Å². The zero-order chi connectivity index (χ0) is 10.9. The molecular weight excluding hydrogens is 207 g/mol. The van der Waals surface area contributed by atoms with E-state index in [4.69, 9.17) is 0 Å². The van der Waals surface area contributed by atoms with E-state index in [9.17, 15) is 13.2 Å². The zero-order valence-electron chi connectivity index (χ0n) is 7.42. The lowest BCUT2D eigenvalue weighted by Crippen LogP contribution is -2.10. The van der Waals surface area contributed by atoms with E-state index >= 15 is 0 Å². The Hall–Kier alpha value is -1.85. The molecule has 2 aromatic rings. The first-order valence-corrected chi connectivity index (χ1v) is 4.11. The lowest BCUT2D eigenvalue weighted by molar-refractivity contribution is -0.140. The van der Waals surface area contributed by atoms with Crippen molar-refractivity contribution in [1.82, 2.24) is 15.0 Å². The van der Waals surface area contributed by atoms with Gasteiger partial charge in [0.05, 0.1) is 0 Å². The minimum absolute atomic E-state index is 0.0463. The van der Waals surface area contributed by atoms with Crippen molar-refractivity contribution in [3.05, 3.63) is 36.4 Å². The molecule has 2 aromatic heterocycles. The van der Waals surface area contributed by atoms with Gasteiger partial charge in [0.15, 0.2) is 5.69 Å². The fraction of sp³-hybridized carbons (Fsp3) is 0.111. The highest BCUT2D eigenvalue weighted by Crippen LogP contribution is 2.33. The van der Waals surface area contributed by atoms with Crippen LogP contribution in [0.25, 0.3) is 11.4 Å². The zero-order valence-corrected chi connectivity index (χ0v) is 7.42. The number of hydrogen-bond donors (Lipinski definition) is 1. The van der Waals surface area contributed by atoms with Gasteiger partial charge in [-0.3, -0.25) is 4.98 Å². The molecule has 15 heavy (non-hydrogen) atoms. The van der Waals surface area contributed by atoms with Crippen LogP contribution in [0.5, 0.6) is 0 Å². The van der Waals surface area contributed by atoms with Gasteiger partial charge in [0.1, 0.15) is 5.82 Å². The molecule has 0 aromatic carbocycles. The van der Waals surface area contributed by atoms with Crippen LogP contribution >= 0.6 is 0 Å². The summed E-state index contributed by atoms with van der Waals surface area (Å²) >= 11 is 0. The van der Waals surface area contributed by atoms with Crippen molar-refractivity contribution in [1.29, 1.82) is 0 Å². The first-order chi connectivity index (χ1) is 7.09. The summed E-state index contributed by atoms with van der Waals surface area (Å²) in [6, 6.07) is 2.77. The summed E-state index contributed by atoms with van der Waals surface area (Å²) in [6.07, 6.45) is -0.510. The van der Waals surface area contributed by atoms with E-state index in [-0.39, 0.29) is 11.4 Å². The van der Waals surface area contributed by atoms with Gasteiger partial charge in [-0.1, -0.05) is 0 Å². The van der Waals surface area contributed by atoms with Gasteiger partial charge < -0.3 is 4.98 Å². The van der Waals surface area contributed by atoms with Crippen LogP contribution in [0.2, 0.25) is 0 Å². The minimum atomic E-state index is -4.47. The number of aromatic nitrogens is 3. The molecule has 0 saturated carbocycles. The average Bonchev–Trinajstić information content (AvgIpc) is 2.69. The Labute approximate surface area is 83.0 Å². The standard InChI is InChI=1S/C9H6F3N3/c10-9(11,12)7-6(2-1-3-13-7)8-14-4-5-15-8/h1-5H,(H,14,15). The summed E-state index contributed by atoms with van der Waals surface area (Å²) in [4.78, 5) is 9.70. The number of hydrogen-bond acceptors (Lipinski definition) is 2. The first-order valence-electron chi connectivity index (χ1n) is 4.11. The molecule has 0 spiro atoms. The lowest BCUT2D eigenvalue weighted by Gasteiger charge is -2.08. The van der Waals surface area contributed by atoms with Gasteiger partial charge in [0.2, 0.25) is 0 Å². The number of nitrogens with one attached hydrogen (secondary N) is 1. The molecule has 3 nitrogen and oxygen atoms in total. The third kappa shape index (κ3) is 1.83. The van der Waals surface area contributed by atoms with Crippen molar-refractivity contribution in [3.63, 3.8) is 0 Å². The topological polar surface area (TPSA) is 41.6 Å². The average molecular weight is 213 g/mol. The van der Waals surface area contributed by atoms with Crippen LogP contribution < -0.4 is 0 Å². The maximum absolute atomic E-state index is 12.5. The predicted molar refractivity (Wildman–Crippen MR) is 46.8 cm³/mol. The quantitative estimate of drug-likeness (QED) is 0.790. The number of pyridine rings is 1. The molecule has 6 heteroatoms. The first kappa shape index (κ1) is 9.70. The molecule has 0 saturated heterocycles. The normalized spacial score (nSPS) is 11.7. The minimum Gasteiger partial charge on any atom is -0.345 e. The van der Waals surface area contributed by atoms with Crippen molar-refractivity contribution in [3.8, 4) is 11.4 Å². The fourth-order valence-corrected chi connectivity index (χ4v) is 1.23. The number of aromatic amines is 1. The molecule has 0 amide bonds. The Morgan fingerprint density at radius 2 is 1.93 bits per heavy atom. The summed E-state index contributed by atoms with van der Waals surface area (Å²) < 4.78 is 37.6. The number of halogens is 3. The van der Waals surface area contributed by atoms with E-state index in [1.54, 1.807) is 0 Å². The maximum Gasteiger partial charge on any atom is 0.434 e. The molecule has 0 bridgehead atoms. The highest BCUT2D eigenvalue weighted by molar-refractivity contribution is 5.58. The van der Waals surface area contributed by atoms with Crippen LogP contribution in [-0.2, 0) is 6.18 Å².